The lowest BCUT2D eigenvalue weighted by Gasteiger charge is -2.13. The number of carboxylic acids is 1. The third-order valence-corrected chi connectivity index (χ3v) is 5.92. The van der Waals surface area contributed by atoms with Gasteiger partial charge in [0.25, 0.3) is 11.8 Å². The van der Waals surface area contributed by atoms with E-state index in [9.17, 15) is 31.9 Å². The van der Waals surface area contributed by atoms with Gasteiger partial charge in [-0.2, -0.15) is 23.0 Å². The van der Waals surface area contributed by atoms with Crippen LogP contribution in [0.1, 0.15) is 42.5 Å². The van der Waals surface area contributed by atoms with Crippen molar-refractivity contribution in [3.63, 3.8) is 0 Å². The normalized spacial score (nSPS) is 11.6. The van der Waals surface area contributed by atoms with E-state index in [1.54, 1.807) is 0 Å². The van der Waals surface area contributed by atoms with E-state index in [0.717, 1.165) is 42.8 Å². The Morgan fingerprint density at radius 1 is 1.03 bits per heavy atom. The van der Waals surface area contributed by atoms with Crippen LogP contribution < -0.4 is 0 Å². The van der Waals surface area contributed by atoms with Gasteiger partial charge in [-0.1, -0.05) is 17.7 Å². The predicted octanol–water partition coefficient (Wildman–Crippen LogP) is 5.52. The van der Waals surface area contributed by atoms with Gasteiger partial charge in [0.1, 0.15) is 23.3 Å². The number of oxazole rings is 1. The number of hydrogen-bond donors (Lipinski definition) is 1. The molecule has 3 aromatic heterocycles. The molecule has 14 heteroatoms. The van der Waals surface area contributed by atoms with Crippen LogP contribution in [0.4, 0.5) is 17.6 Å². The smallest absolute Gasteiger partial charge is 0.417 e. The van der Waals surface area contributed by atoms with E-state index in [-0.39, 0.29) is 39.3 Å². The van der Waals surface area contributed by atoms with E-state index >= 15 is 0 Å². The first-order valence-electron chi connectivity index (χ1n) is 10.7. The second kappa shape index (κ2) is 9.44. The van der Waals surface area contributed by atoms with Crippen LogP contribution >= 0.6 is 11.6 Å². The van der Waals surface area contributed by atoms with E-state index in [2.05, 4.69) is 15.1 Å². The molecule has 39 heavy (non-hydrogen) atoms. The van der Waals surface area contributed by atoms with Crippen LogP contribution in [-0.2, 0) is 6.18 Å². The largest absolute Gasteiger partial charge is 0.478 e. The molecule has 0 saturated heterocycles. The van der Waals surface area contributed by atoms with Crippen molar-refractivity contribution in [1.29, 1.82) is 0 Å². The van der Waals surface area contributed by atoms with Gasteiger partial charge in [0.05, 0.1) is 33.4 Å². The fourth-order valence-corrected chi connectivity index (χ4v) is 4.10. The second-order valence-electron chi connectivity index (χ2n) is 7.98. The number of halogens is 5. The molecule has 9 nitrogen and oxygen atoms in total. The molecule has 0 aliphatic heterocycles. The molecule has 0 radical (unpaired) electrons. The van der Waals surface area contributed by atoms with Gasteiger partial charge >= 0.3 is 12.1 Å². The Bertz CT molecular complexity index is 1800. The molecule has 196 valence electrons. The SMILES string of the molecule is O=C(O)c1ccc(-c2nn(C(=O)c3c(Cl)cccc3C(F)(F)F)c3cc(C(=O)c4ncco4)cnc23)c(F)c1. The topological polar surface area (TPSA) is 128 Å². The van der Waals surface area contributed by atoms with Crippen LogP contribution in [0.2, 0.25) is 5.02 Å². The first kappa shape index (κ1) is 25.7. The van der Waals surface area contributed by atoms with E-state index in [1.165, 1.54) is 6.20 Å². The summed E-state index contributed by atoms with van der Waals surface area (Å²) in [6, 6.07) is 6.71. The number of ketones is 1. The van der Waals surface area contributed by atoms with Crippen molar-refractivity contribution in [1.82, 2.24) is 19.7 Å². The average Bonchev–Trinajstić information content (AvgIpc) is 3.55. The predicted molar refractivity (Wildman–Crippen MR) is 126 cm³/mol. The fourth-order valence-electron chi connectivity index (χ4n) is 3.84. The number of alkyl halides is 3. The number of hydrogen-bond acceptors (Lipinski definition) is 7. The number of rotatable bonds is 5. The third-order valence-electron chi connectivity index (χ3n) is 5.61. The van der Waals surface area contributed by atoms with Crippen LogP contribution in [0.3, 0.4) is 0 Å². The molecule has 0 atom stereocenters. The van der Waals surface area contributed by atoms with E-state index in [4.69, 9.17) is 21.1 Å². The van der Waals surface area contributed by atoms with Gasteiger partial charge in [-0.3, -0.25) is 14.6 Å². The lowest BCUT2D eigenvalue weighted by molar-refractivity contribution is -0.137. The molecule has 0 aliphatic carbocycles. The van der Waals surface area contributed by atoms with Crippen LogP contribution in [0.15, 0.2) is 65.5 Å². The number of benzene rings is 2. The standard InChI is InChI=1S/C25H11ClF4N4O5/c26-15-3-1-2-14(25(28,29)30)18(15)23(36)34-17-9-12(21(35)22-31-6-7-39-22)10-32-20(17)19(33-34)13-5-4-11(24(37)38)8-16(13)27/h1-10H,(H,37,38). The van der Waals surface area contributed by atoms with Crippen molar-refractivity contribution in [2.75, 3.05) is 0 Å². The van der Waals surface area contributed by atoms with Gasteiger partial charge in [-0.05, 0) is 36.4 Å². The van der Waals surface area contributed by atoms with Crippen LogP contribution in [-0.4, -0.2) is 42.5 Å². The second-order valence-corrected chi connectivity index (χ2v) is 8.39. The minimum atomic E-state index is -4.97. The summed E-state index contributed by atoms with van der Waals surface area (Å²) in [5.41, 5.74) is -3.86. The van der Waals surface area contributed by atoms with Crippen LogP contribution in [0.5, 0.6) is 0 Å². The van der Waals surface area contributed by atoms with Gasteiger partial charge in [0, 0.05) is 17.3 Å². The highest BCUT2D eigenvalue weighted by Crippen LogP contribution is 2.37. The summed E-state index contributed by atoms with van der Waals surface area (Å²) in [5.74, 6) is -4.88. The van der Waals surface area contributed by atoms with Gasteiger partial charge < -0.3 is 9.52 Å². The summed E-state index contributed by atoms with van der Waals surface area (Å²) in [7, 11) is 0. The zero-order valence-corrected chi connectivity index (χ0v) is 19.8. The third kappa shape index (κ3) is 4.52. The molecular formula is C25H11ClF4N4O5. The minimum Gasteiger partial charge on any atom is -0.478 e. The summed E-state index contributed by atoms with van der Waals surface area (Å²) in [6.07, 6.45) is -1.55. The number of aromatic carboxylic acids is 1. The molecule has 5 rings (SSSR count). The van der Waals surface area contributed by atoms with Crippen molar-refractivity contribution >= 4 is 40.3 Å². The average molecular weight is 559 g/mol. The number of fused-ring (bicyclic) bond motifs is 1. The van der Waals surface area contributed by atoms with Gasteiger partial charge in [-0.15, -0.1) is 0 Å². The maximum Gasteiger partial charge on any atom is 0.417 e. The Hall–Kier alpha value is -4.91. The molecule has 2 aromatic carbocycles. The van der Waals surface area contributed by atoms with Gasteiger partial charge in [0.2, 0.25) is 5.78 Å². The van der Waals surface area contributed by atoms with Crippen molar-refractivity contribution in [2.24, 2.45) is 0 Å². The summed E-state index contributed by atoms with van der Waals surface area (Å²) in [5, 5.41) is 12.6. The highest BCUT2D eigenvalue weighted by Gasteiger charge is 2.37. The molecule has 0 aliphatic rings. The number of carboxylic acid groups (broad SMARTS) is 1. The molecule has 0 amide bonds. The van der Waals surface area contributed by atoms with Crippen LogP contribution in [0.25, 0.3) is 22.3 Å². The molecule has 0 unspecified atom stereocenters. The molecule has 3 heterocycles. The van der Waals surface area contributed by atoms with E-state index in [0.29, 0.717) is 16.8 Å². The maximum absolute atomic E-state index is 15.0. The lowest BCUT2D eigenvalue weighted by Crippen LogP contribution is -2.20. The first-order chi connectivity index (χ1) is 18.5. The zero-order chi connectivity index (χ0) is 28.1. The Morgan fingerprint density at radius 3 is 2.44 bits per heavy atom. The Balaban J connectivity index is 1.77. The molecule has 5 aromatic rings. The first-order valence-corrected chi connectivity index (χ1v) is 11.1. The summed E-state index contributed by atoms with van der Waals surface area (Å²) >= 11 is 6.01. The molecule has 0 bridgehead atoms. The van der Waals surface area contributed by atoms with Crippen LogP contribution in [0, 0.1) is 5.82 Å². The number of carbonyl (C=O) groups is 3. The van der Waals surface area contributed by atoms with Crippen molar-refractivity contribution in [3.05, 3.63) is 100 Å². The maximum atomic E-state index is 15.0. The highest BCUT2D eigenvalue weighted by atomic mass is 35.5. The molecule has 1 N–H and O–H groups in total. The van der Waals surface area contributed by atoms with Crippen molar-refractivity contribution in [2.45, 2.75) is 6.18 Å². The number of carbonyl (C=O) groups excluding carboxylic acids is 2. The molecule has 0 spiro atoms. The highest BCUT2D eigenvalue weighted by molar-refractivity contribution is 6.34. The zero-order valence-electron chi connectivity index (χ0n) is 19.0. The number of pyridine rings is 1. The monoisotopic (exact) mass is 558 g/mol. The molecule has 0 saturated carbocycles. The van der Waals surface area contributed by atoms with E-state index in [1.807, 2.05) is 0 Å². The Labute approximate surface area is 219 Å². The molecule has 0 fully saturated rings. The molecular weight excluding hydrogens is 548 g/mol. The van der Waals surface area contributed by atoms with Gasteiger partial charge in [-0.25, -0.2) is 14.2 Å². The quantitative estimate of drug-likeness (QED) is 0.221. The minimum absolute atomic E-state index is 0.164. The van der Waals surface area contributed by atoms with Gasteiger partial charge in [0.15, 0.2) is 0 Å². The Morgan fingerprint density at radius 2 is 1.79 bits per heavy atom. The number of aromatic nitrogens is 4. The Kier molecular flexibility index (Phi) is 6.23. The lowest BCUT2D eigenvalue weighted by atomic mass is 10.1. The van der Waals surface area contributed by atoms with Crippen molar-refractivity contribution < 1.29 is 41.5 Å². The van der Waals surface area contributed by atoms with E-state index < -0.39 is 45.8 Å². The number of nitrogens with zero attached hydrogens (tertiary/aromatic N) is 4. The fraction of sp³-hybridized carbons (Fsp3) is 0.0400. The summed E-state index contributed by atoms with van der Waals surface area (Å²) in [6.45, 7) is 0. The van der Waals surface area contributed by atoms with Crippen molar-refractivity contribution in [3.8, 4) is 11.3 Å². The summed E-state index contributed by atoms with van der Waals surface area (Å²) < 4.78 is 61.7. The summed E-state index contributed by atoms with van der Waals surface area (Å²) in [4.78, 5) is 45.4.